The molecule has 0 aliphatic rings. The van der Waals surface area contributed by atoms with Crippen molar-refractivity contribution in [3.8, 4) is 0 Å². The lowest BCUT2D eigenvalue weighted by Gasteiger charge is -2.00. The summed E-state index contributed by atoms with van der Waals surface area (Å²) in [5, 5.41) is 9.53. The molecular weight excluding hydrogens is 174 g/mol. The van der Waals surface area contributed by atoms with Crippen molar-refractivity contribution in [2.45, 2.75) is 26.2 Å². The SMILES string of the molecule is CCC(C)c1ncc(C(=O)O)s1. The third-order valence-electron chi connectivity index (χ3n) is 1.77. The van der Waals surface area contributed by atoms with Crippen LogP contribution >= 0.6 is 11.3 Å². The fourth-order valence-corrected chi connectivity index (χ4v) is 1.68. The van der Waals surface area contributed by atoms with Gasteiger partial charge in [0.1, 0.15) is 4.88 Å². The highest BCUT2D eigenvalue weighted by Crippen LogP contribution is 2.23. The van der Waals surface area contributed by atoms with Crippen molar-refractivity contribution >= 4 is 17.3 Å². The van der Waals surface area contributed by atoms with Crippen molar-refractivity contribution in [1.29, 1.82) is 0 Å². The number of nitrogens with zero attached hydrogens (tertiary/aromatic N) is 1. The number of thiazole rings is 1. The van der Waals surface area contributed by atoms with E-state index < -0.39 is 5.97 Å². The van der Waals surface area contributed by atoms with Crippen molar-refractivity contribution < 1.29 is 9.90 Å². The lowest BCUT2D eigenvalue weighted by Crippen LogP contribution is -1.90. The van der Waals surface area contributed by atoms with E-state index in [9.17, 15) is 4.79 Å². The Morgan fingerprint density at radius 1 is 1.83 bits per heavy atom. The van der Waals surface area contributed by atoms with Crippen molar-refractivity contribution in [1.82, 2.24) is 4.98 Å². The Labute approximate surface area is 75.1 Å². The van der Waals surface area contributed by atoms with Gasteiger partial charge >= 0.3 is 5.97 Å². The molecule has 0 saturated heterocycles. The Kier molecular flexibility index (Phi) is 2.81. The van der Waals surface area contributed by atoms with E-state index in [-0.39, 0.29) is 0 Å². The van der Waals surface area contributed by atoms with Crippen molar-refractivity contribution in [2.75, 3.05) is 0 Å². The minimum atomic E-state index is -0.887. The van der Waals surface area contributed by atoms with Crippen molar-refractivity contribution in [2.24, 2.45) is 0 Å². The van der Waals surface area contributed by atoms with E-state index >= 15 is 0 Å². The molecule has 0 aliphatic carbocycles. The van der Waals surface area contributed by atoms with Gasteiger partial charge in [-0.2, -0.15) is 0 Å². The van der Waals surface area contributed by atoms with Gasteiger partial charge in [0.15, 0.2) is 0 Å². The molecule has 3 nitrogen and oxygen atoms in total. The molecule has 1 unspecified atom stereocenters. The van der Waals surface area contributed by atoms with Gasteiger partial charge in [-0.25, -0.2) is 9.78 Å². The molecule has 1 aromatic heterocycles. The van der Waals surface area contributed by atoms with Crippen LogP contribution in [-0.2, 0) is 0 Å². The predicted molar refractivity (Wildman–Crippen MR) is 47.8 cm³/mol. The van der Waals surface area contributed by atoms with Gasteiger partial charge in [-0.15, -0.1) is 11.3 Å². The largest absolute Gasteiger partial charge is 0.477 e. The van der Waals surface area contributed by atoms with Gasteiger partial charge in [0.25, 0.3) is 0 Å². The quantitative estimate of drug-likeness (QED) is 0.786. The zero-order valence-corrected chi connectivity index (χ0v) is 7.89. The number of rotatable bonds is 3. The summed E-state index contributed by atoms with van der Waals surface area (Å²) in [5.74, 6) is -0.523. The number of hydrogen-bond acceptors (Lipinski definition) is 3. The van der Waals surface area contributed by atoms with E-state index in [0.29, 0.717) is 10.8 Å². The molecule has 0 radical (unpaired) electrons. The molecule has 0 amide bonds. The van der Waals surface area contributed by atoms with Gasteiger partial charge in [-0.3, -0.25) is 0 Å². The van der Waals surface area contributed by atoms with Gasteiger partial charge in [-0.05, 0) is 6.42 Å². The number of aromatic carboxylic acids is 1. The highest BCUT2D eigenvalue weighted by molar-refractivity contribution is 7.13. The Hall–Kier alpha value is -0.900. The summed E-state index contributed by atoms with van der Waals surface area (Å²) >= 11 is 1.26. The molecule has 12 heavy (non-hydrogen) atoms. The molecule has 1 rings (SSSR count). The molecule has 0 fully saturated rings. The van der Waals surface area contributed by atoms with Crippen LogP contribution in [0.2, 0.25) is 0 Å². The van der Waals surface area contributed by atoms with Crippen LogP contribution in [0.4, 0.5) is 0 Å². The second-order valence-electron chi connectivity index (χ2n) is 2.68. The first-order valence-corrected chi connectivity index (χ1v) is 4.65. The molecule has 1 aromatic rings. The Balaban J connectivity index is 2.84. The van der Waals surface area contributed by atoms with Crippen LogP contribution < -0.4 is 0 Å². The zero-order valence-electron chi connectivity index (χ0n) is 7.07. The summed E-state index contributed by atoms with van der Waals surface area (Å²) in [4.78, 5) is 14.9. The Bertz CT molecular complexity index is 282. The lowest BCUT2D eigenvalue weighted by atomic mass is 10.1. The summed E-state index contributed by atoms with van der Waals surface area (Å²) in [7, 11) is 0. The summed E-state index contributed by atoms with van der Waals surface area (Å²) < 4.78 is 0. The molecule has 0 saturated carbocycles. The van der Waals surface area contributed by atoms with Crippen molar-refractivity contribution in [3.05, 3.63) is 16.1 Å². The van der Waals surface area contributed by atoms with Crippen LogP contribution in [0.1, 0.15) is 40.9 Å². The van der Waals surface area contributed by atoms with E-state index in [1.165, 1.54) is 17.5 Å². The third kappa shape index (κ3) is 1.82. The van der Waals surface area contributed by atoms with Gasteiger partial charge < -0.3 is 5.11 Å². The monoisotopic (exact) mass is 185 g/mol. The van der Waals surface area contributed by atoms with E-state index in [2.05, 4.69) is 11.9 Å². The molecule has 1 heterocycles. The first-order valence-electron chi connectivity index (χ1n) is 3.84. The number of carbonyl (C=O) groups is 1. The van der Waals surface area contributed by atoms with Crippen LogP contribution in [0.15, 0.2) is 6.20 Å². The van der Waals surface area contributed by atoms with E-state index in [1.807, 2.05) is 6.92 Å². The summed E-state index contributed by atoms with van der Waals surface area (Å²) in [6, 6.07) is 0. The highest BCUT2D eigenvalue weighted by atomic mass is 32.1. The van der Waals surface area contributed by atoms with Gasteiger partial charge in [0, 0.05) is 5.92 Å². The third-order valence-corrected chi connectivity index (χ3v) is 2.99. The zero-order chi connectivity index (χ0) is 9.14. The first kappa shape index (κ1) is 9.19. The number of hydrogen-bond donors (Lipinski definition) is 1. The van der Waals surface area contributed by atoms with E-state index in [1.54, 1.807) is 0 Å². The Morgan fingerprint density at radius 3 is 2.92 bits per heavy atom. The summed E-state index contributed by atoms with van der Waals surface area (Å²) in [6.07, 6.45) is 2.42. The summed E-state index contributed by atoms with van der Waals surface area (Å²) in [6.45, 7) is 4.11. The van der Waals surface area contributed by atoms with Gasteiger partial charge in [-0.1, -0.05) is 13.8 Å². The normalized spacial score (nSPS) is 12.8. The first-order chi connectivity index (χ1) is 5.65. The second kappa shape index (κ2) is 3.67. The van der Waals surface area contributed by atoms with Crippen LogP contribution in [0.3, 0.4) is 0 Å². The Morgan fingerprint density at radius 2 is 2.50 bits per heavy atom. The molecule has 0 aromatic carbocycles. The minimum absolute atomic E-state index is 0.324. The lowest BCUT2D eigenvalue weighted by molar-refractivity contribution is 0.0702. The fourth-order valence-electron chi connectivity index (χ4n) is 0.789. The standard InChI is InChI=1S/C8H11NO2S/c1-3-5(2)7-9-4-6(12-7)8(10)11/h4-5H,3H2,1-2H3,(H,10,11). The summed E-state index contributed by atoms with van der Waals surface area (Å²) in [5.41, 5.74) is 0. The topological polar surface area (TPSA) is 50.2 Å². The molecule has 1 N–H and O–H groups in total. The van der Waals surface area contributed by atoms with Crippen LogP contribution in [0, 0.1) is 0 Å². The van der Waals surface area contributed by atoms with E-state index in [0.717, 1.165) is 11.4 Å². The van der Waals surface area contributed by atoms with E-state index in [4.69, 9.17) is 5.11 Å². The van der Waals surface area contributed by atoms with Gasteiger partial charge in [0.05, 0.1) is 11.2 Å². The number of aromatic nitrogens is 1. The minimum Gasteiger partial charge on any atom is -0.477 e. The second-order valence-corrected chi connectivity index (χ2v) is 3.74. The maximum atomic E-state index is 10.5. The molecule has 0 spiro atoms. The van der Waals surface area contributed by atoms with Crippen LogP contribution in [0.5, 0.6) is 0 Å². The van der Waals surface area contributed by atoms with Crippen molar-refractivity contribution in [3.63, 3.8) is 0 Å². The molecule has 66 valence electrons. The molecule has 1 atom stereocenters. The molecule has 4 heteroatoms. The average Bonchev–Trinajstić information content (AvgIpc) is 2.51. The molecule has 0 bridgehead atoms. The molecular formula is C8H11NO2S. The molecule has 0 aliphatic heterocycles. The smallest absolute Gasteiger partial charge is 0.347 e. The average molecular weight is 185 g/mol. The van der Waals surface area contributed by atoms with Crippen LogP contribution in [-0.4, -0.2) is 16.1 Å². The predicted octanol–water partition coefficient (Wildman–Crippen LogP) is 2.35. The highest BCUT2D eigenvalue weighted by Gasteiger charge is 2.11. The number of carboxylic acid groups (broad SMARTS) is 1. The maximum absolute atomic E-state index is 10.5. The van der Waals surface area contributed by atoms with Crippen LogP contribution in [0.25, 0.3) is 0 Å². The maximum Gasteiger partial charge on any atom is 0.347 e. The fraction of sp³-hybridized carbons (Fsp3) is 0.500. The number of carboxylic acids is 1. The van der Waals surface area contributed by atoms with Gasteiger partial charge in [0.2, 0.25) is 0 Å².